The number of methoxy groups -OCH3 is 1. The molecule has 3 heterocycles. The minimum atomic E-state index is -4.80. The van der Waals surface area contributed by atoms with Gasteiger partial charge < -0.3 is 20.1 Å². The second-order valence-corrected chi connectivity index (χ2v) is 15.2. The van der Waals surface area contributed by atoms with Crippen molar-refractivity contribution in [3.63, 3.8) is 0 Å². The summed E-state index contributed by atoms with van der Waals surface area (Å²) in [4.78, 5) is 75.0. The molecule has 1 saturated carbocycles. The van der Waals surface area contributed by atoms with E-state index < -0.39 is 98.5 Å². The van der Waals surface area contributed by atoms with Crippen molar-refractivity contribution in [3.8, 4) is 17.2 Å². The van der Waals surface area contributed by atoms with E-state index in [-0.39, 0.29) is 46.2 Å². The normalized spacial score (nSPS) is 25.3. The van der Waals surface area contributed by atoms with E-state index in [9.17, 15) is 47.7 Å². The van der Waals surface area contributed by atoms with E-state index >= 15 is 4.79 Å². The van der Waals surface area contributed by atoms with Crippen molar-refractivity contribution in [2.45, 2.75) is 30.4 Å². The first-order valence-electron chi connectivity index (χ1n) is 17.6. The Morgan fingerprint density at radius 1 is 0.931 bits per heavy atom. The molecule has 2 saturated heterocycles. The lowest BCUT2D eigenvalue weighted by atomic mass is 9.49. The smallest absolute Gasteiger partial charge is 0.417 e. The summed E-state index contributed by atoms with van der Waals surface area (Å²) < 4.78 is 46.0. The van der Waals surface area contributed by atoms with Crippen LogP contribution in [0.25, 0.3) is 0 Å². The third kappa shape index (κ3) is 5.75. The number of hydrogen-bond acceptors (Lipinski definition) is 10. The number of imide groups is 2. The fraction of sp³-hybridized carbons (Fsp3) is 0.250. The number of benzene rings is 3. The number of nitrogens with one attached hydrogen (secondary N) is 1. The Hall–Kier alpha value is -6.13. The van der Waals surface area contributed by atoms with Gasteiger partial charge in [0.2, 0.25) is 11.8 Å². The lowest BCUT2D eigenvalue weighted by molar-refractivity contribution is -0.139. The van der Waals surface area contributed by atoms with Crippen LogP contribution in [0.15, 0.2) is 84.6 Å². The fourth-order valence-corrected chi connectivity index (χ4v) is 9.45. The Balaban J connectivity index is 1.31. The summed E-state index contributed by atoms with van der Waals surface area (Å²) in [6.07, 6.45) is -2.82. The molecule has 8 rings (SSSR count). The Bertz CT molecular complexity index is 2500. The number of carboxylic acid groups (broad SMARTS) is 1. The van der Waals surface area contributed by atoms with Crippen LogP contribution in [0.5, 0.6) is 17.2 Å². The van der Waals surface area contributed by atoms with Crippen LogP contribution in [-0.2, 0) is 30.8 Å². The number of carboxylic acids is 1. The predicted octanol–water partition coefficient (Wildman–Crippen LogP) is 6.71. The number of nitrogens with zero attached hydrogens (tertiary/aromatic N) is 3. The molecule has 1 aromatic heterocycles. The van der Waals surface area contributed by atoms with Gasteiger partial charge in [0, 0.05) is 28.8 Å². The van der Waals surface area contributed by atoms with Gasteiger partial charge in [-0.2, -0.15) is 18.2 Å². The number of carbonyl (C=O) groups excluding carboxylic acids is 4. The average molecular weight is 838 g/mol. The summed E-state index contributed by atoms with van der Waals surface area (Å²) in [6.45, 7) is 0. The van der Waals surface area contributed by atoms with Crippen molar-refractivity contribution in [3.05, 3.63) is 117 Å². The topological polar surface area (TPSA) is 187 Å². The van der Waals surface area contributed by atoms with E-state index in [2.05, 4.69) is 10.4 Å². The maximum atomic E-state index is 15.3. The third-order valence-electron chi connectivity index (χ3n) is 11.6. The monoisotopic (exact) mass is 836 g/mol. The second-order valence-electron chi connectivity index (χ2n) is 14.4. The lowest BCUT2D eigenvalue weighted by Gasteiger charge is -2.50. The lowest BCUT2D eigenvalue weighted by Crippen LogP contribution is -2.53. The molecule has 2 aliphatic carbocycles. The zero-order valence-corrected chi connectivity index (χ0v) is 31.3. The molecule has 18 heteroatoms. The number of fused-ring (bicyclic) bond motifs is 4. The molecule has 0 spiro atoms. The molecular weight excluding hydrogens is 808 g/mol. The number of hydrazine groups is 1. The molecule has 0 radical (unpaired) electrons. The molecule has 6 atom stereocenters. The number of hydrogen-bond donors (Lipinski definition) is 4. The molecule has 4 aliphatic rings. The molecule has 3 fully saturated rings. The van der Waals surface area contributed by atoms with Crippen molar-refractivity contribution in [1.82, 2.24) is 9.99 Å². The van der Waals surface area contributed by atoms with Gasteiger partial charge in [-0.25, -0.2) is 14.7 Å². The molecule has 13 nitrogen and oxygen atoms in total. The quantitative estimate of drug-likeness (QED) is 0.114. The number of carbonyl (C=O) groups is 5. The molecule has 58 heavy (non-hydrogen) atoms. The van der Waals surface area contributed by atoms with Crippen LogP contribution in [0.2, 0.25) is 10.0 Å². The van der Waals surface area contributed by atoms with E-state index in [0.29, 0.717) is 22.8 Å². The SMILES string of the molecule is COc1ccc(O)c(C2C3=CCC4C(=O)N(c5ccc(C(=O)O)c(O)c5)C(=O)C4C3CC3C(=O)N(Nc4ncc(C(F)(F)F)cc4Cl)C(=O)C32c2ccc(Cl)cc2)c1. The van der Waals surface area contributed by atoms with Crippen LogP contribution in [0, 0.1) is 23.7 Å². The highest BCUT2D eigenvalue weighted by atomic mass is 35.5. The fourth-order valence-electron chi connectivity index (χ4n) is 9.11. The molecule has 0 bridgehead atoms. The van der Waals surface area contributed by atoms with E-state index in [1.807, 2.05) is 0 Å². The maximum absolute atomic E-state index is 15.3. The van der Waals surface area contributed by atoms with Gasteiger partial charge in [-0.1, -0.05) is 47.0 Å². The highest BCUT2D eigenvalue weighted by Gasteiger charge is 2.71. The second kappa shape index (κ2) is 13.8. The van der Waals surface area contributed by atoms with Crippen LogP contribution in [-0.4, -0.2) is 62.0 Å². The van der Waals surface area contributed by atoms with Crippen molar-refractivity contribution < 1.29 is 57.2 Å². The van der Waals surface area contributed by atoms with Gasteiger partial charge in [0.05, 0.1) is 46.6 Å². The molecule has 3 aromatic carbocycles. The van der Waals surface area contributed by atoms with Gasteiger partial charge in [0.15, 0.2) is 5.82 Å². The number of halogens is 5. The van der Waals surface area contributed by atoms with Crippen LogP contribution in [0.4, 0.5) is 24.7 Å². The highest BCUT2D eigenvalue weighted by Crippen LogP contribution is 2.65. The average Bonchev–Trinajstić information content (AvgIpc) is 3.56. The number of anilines is 2. The Labute approximate surface area is 336 Å². The summed E-state index contributed by atoms with van der Waals surface area (Å²) >= 11 is 12.5. The summed E-state index contributed by atoms with van der Waals surface area (Å²) in [6, 6.07) is 14.3. The molecule has 4 N–H and O–H groups in total. The van der Waals surface area contributed by atoms with Gasteiger partial charge in [-0.05, 0) is 72.9 Å². The summed E-state index contributed by atoms with van der Waals surface area (Å²) in [5.74, 6) is -11.3. The van der Waals surface area contributed by atoms with E-state index in [1.165, 1.54) is 43.5 Å². The Kier molecular flexibility index (Phi) is 9.19. The number of phenols is 2. The first kappa shape index (κ1) is 38.7. The summed E-state index contributed by atoms with van der Waals surface area (Å²) in [5.41, 5.74) is -0.239. The minimum absolute atomic E-state index is 0.0193. The zero-order valence-electron chi connectivity index (χ0n) is 29.8. The molecule has 6 unspecified atom stereocenters. The molecule has 4 aromatic rings. The van der Waals surface area contributed by atoms with Gasteiger partial charge in [-0.15, -0.1) is 0 Å². The third-order valence-corrected chi connectivity index (χ3v) is 12.1. The molecule has 2 aliphatic heterocycles. The number of phenolic OH excluding ortho intramolecular Hbond substituents is 1. The minimum Gasteiger partial charge on any atom is -0.508 e. The van der Waals surface area contributed by atoms with Crippen molar-refractivity contribution in [1.29, 1.82) is 0 Å². The van der Waals surface area contributed by atoms with E-state index in [0.717, 1.165) is 17.0 Å². The zero-order chi connectivity index (χ0) is 41.6. The van der Waals surface area contributed by atoms with Gasteiger partial charge >= 0.3 is 12.1 Å². The van der Waals surface area contributed by atoms with Crippen LogP contribution in [0.1, 0.15) is 45.8 Å². The number of pyridine rings is 1. The van der Waals surface area contributed by atoms with Crippen molar-refractivity contribution >= 4 is 64.3 Å². The number of ether oxygens (including phenoxy) is 1. The number of alkyl halides is 3. The number of aromatic carboxylic acids is 1. The van der Waals surface area contributed by atoms with Crippen LogP contribution >= 0.6 is 23.2 Å². The number of rotatable bonds is 7. The molecular formula is C40H29Cl2F3N4O9. The highest BCUT2D eigenvalue weighted by molar-refractivity contribution is 6.33. The number of amides is 4. The molecule has 298 valence electrons. The Morgan fingerprint density at radius 3 is 2.29 bits per heavy atom. The van der Waals surface area contributed by atoms with Crippen molar-refractivity contribution in [2.24, 2.45) is 23.7 Å². The number of allylic oxidation sites excluding steroid dienone is 2. The summed E-state index contributed by atoms with van der Waals surface area (Å²) in [5, 5.41) is 31.8. The van der Waals surface area contributed by atoms with Gasteiger partial charge in [0.1, 0.15) is 22.8 Å². The summed E-state index contributed by atoms with van der Waals surface area (Å²) in [7, 11) is 1.39. The van der Waals surface area contributed by atoms with E-state index in [4.69, 9.17) is 27.9 Å². The largest absolute Gasteiger partial charge is 0.508 e. The number of aromatic hydroxyl groups is 2. The van der Waals surface area contributed by atoms with Crippen molar-refractivity contribution in [2.75, 3.05) is 17.4 Å². The first-order chi connectivity index (χ1) is 27.5. The van der Waals surface area contributed by atoms with Gasteiger partial charge in [-0.3, -0.25) is 24.6 Å². The number of aromatic nitrogens is 1. The predicted molar refractivity (Wildman–Crippen MR) is 199 cm³/mol. The van der Waals surface area contributed by atoms with E-state index in [1.54, 1.807) is 18.2 Å². The maximum Gasteiger partial charge on any atom is 0.417 e. The Morgan fingerprint density at radius 2 is 1.66 bits per heavy atom. The van der Waals surface area contributed by atoms with Gasteiger partial charge in [0.25, 0.3) is 11.8 Å². The van der Waals surface area contributed by atoms with Crippen LogP contribution < -0.4 is 15.1 Å². The molecule has 4 amide bonds. The standard InChI is InChI=1S/C40H29Cl2F3N4O9/c1-58-21-7-11-29(50)26(14-21)32-22-9-10-24-31(36(54)48(34(24)52)20-6-8-23(37(55)56)30(51)13-20)25(22)15-27-35(53)49(38(57)39(27,32)17-2-4-19(41)5-3-17)47-33-28(42)12-18(16-46-33)40(43,44)45/h2-9,11-14,16,24-25,27,31-32,50-51H,10,15H2,1H3,(H,46,47)(H,55,56). The first-order valence-corrected chi connectivity index (χ1v) is 18.4. The van der Waals surface area contributed by atoms with Crippen LogP contribution in [0.3, 0.4) is 0 Å².